The lowest BCUT2D eigenvalue weighted by atomic mass is 9.88. The summed E-state index contributed by atoms with van der Waals surface area (Å²) < 4.78 is 4.71. The highest BCUT2D eigenvalue weighted by Crippen LogP contribution is 2.45. The number of nitrogens with zero attached hydrogens (tertiary/aromatic N) is 4. The number of aromatic nitrogens is 2. The van der Waals surface area contributed by atoms with Crippen molar-refractivity contribution in [2.75, 3.05) is 9.80 Å². The van der Waals surface area contributed by atoms with Crippen molar-refractivity contribution in [2.24, 2.45) is 0 Å². The van der Waals surface area contributed by atoms with E-state index in [1.54, 1.807) is 0 Å². The number of rotatable bonds is 12. The molecule has 0 aliphatic carbocycles. The average Bonchev–Trinajstić information content (AvgIpc) is 2.19. The van der Waals surface area contributed by atoms with Gasteiger partial charge < -0.3 is 18.9 Å². The Balaban J connectivity index is 0.846. The van der Waals surface area contributed by atoms with Gasteiger partial charge in [-0.15, -0.1) is 25.7 Å². The Hall–Kier alpha value is -12.7. The van der Waals surface area contributed by atoms with Crippen molar-refractivity contribution in [3.8, 4) is 105 Å². The largest absolute Gasteiger partial charge is 0.310 e. The van der Waals surface area contributed by atoms with E-state index >= 15 is 0 Å². The van der Waals surface area contributed by atoms with Crippen molar-refractivity contribution >= 4 is 77.7 Å². The Bertz CT molecular complexity index is 5360. The number of fused-ring (bicyclic) bond motifs is 6. The topological polar surface area (TPSA) is 16.3 Å². The zero-order valence-corrected chi connectivity index (χ0v) is 49.0. The fourth-order valence-corrected chi connectivity index (χ4v) is 13.1. The van der Waals surface area contributed by atoms with Crippen LogP contribution in [0.5, 0.6) is 0 Å². The first-order valence-electron chi connectivity index (χ1n) is 29.9. The third-order valence-electron chi connectivity index (χ3n) is 17.2. The van der Waals surface area contributed by atoms with Crippen LogP contribution in [0.4, 0.5) is 34.1 Å². The lowest BCUT2D eigenvalue weighted by molar-refractivity contribution is 1.18. The van der Waals surface area contributed by atoms with E-state index in [0.717, 1.165) is 117 Å². The van der Waals surface area contributed by atoms with Crippen LogP contribution < -0.4 is 9.80 Å². The number of para-hydroxylation sites is 5. The van der Waals surface area contributed by atoms with Gasteiger partial charge in [0.1, 0.15) is 0 Å². The van der Waals surface area contributed by atoms with E-state index < -0.39 is 0 Å². The summed E-state index contributed by atoms with van der Waals surface area (Å²) in [4.78, 5) is 4.69. The summed E-state index contributed by atoms with van der Waals surface area (Å²) in [7, 11) is 0. The summed E-state index contributed by atoms with van der Waals surface area (Å²) in [6, 6.07) is 107. The molecule has 0 unspecified atom stereocenters. The lowest BCUT2D eigenvalue weighted by Crippen LogP contribution is -2.10. The Morgan fingerprint density at radius 3 is 1.07 bits per heavy atom. The molecule has 0 aliphatic heterocycles. The highest BCUT2D eigenvalue weighted by molar-refractivity contribution is 6.12. The summed E-state index contributed by atoms with van der Waals surface area (Å²) in [5, 5.41) is 4.70. The molecule has 90 heavy (non-hydrogen) atoms. The molecule has 0 saturated carbocycles. The predicted octanol–water partition coefficient (Wildman–Crippen LogP) is 21.4. The minimum absolute atomic E-state index is 0.646. The Morgan fingerprint density at radius 1 is 0.233 bits per heavy atom. The molecule has 0 amide bonds. The number of terminal acetylenes is 4. The van der Waals surface area contributed by atoms with Crippen LogP contribution >= 0.6 is 0 Å². The fourth-order valence-electron chi connectivity index (χ4n) is 13.1. The van der Waals surface area contributed by atoms with Crippen LogP contribution in [0.3, 0.4) is 0 Å². The summed E-state index contributed by atoms with van der Waals surface area (Å²) in [6.45, 7) is 0. The van der Waals surface area contributed by atoms with E-state index in [2.05, 4.69) is 310 Å². The van der Waals surface area contributed by atoms with Crippen molar-refractivity contribution in [3.63, 3.8) is 0 Å². The van der Waals surface area contributed by atoms with E-state index in [9.17, 15) is 0 Å². The van der Waals surface area contributed by atoms with Crippen LogP contribution in [0, 0.1) is 49.4 Å². The second-order valence-corrected chi connectivity index (χ2v) is 22.3. The third kappa shape index (κ3) is 9.49. The molecular weight excluding hydrogens is 1090 g/mol. The molecule has 0 saturated heterocycles. The summed E-state index contributed by atoms with van der Waals surface area (Å²) >= 11 is 0. The van der Waals surface area contributed by atoms with Crippen LogP contribution in [0.1, 0.15) is 22.3 Å². The fraction of sp³-hybridized carbons (Fsp3) is 0. The van der Waals surface area contributed by atoms with Gasteiger partial charge in [-0.05, 0) is 196 Å². The third-order valence-corrected chi connectivity index (χ3v) is 17.2. The summed E-state index contributed by atoms with van der Waals surface area (Å²) in [5.74, 6) is 11.4. The zero-order valence-electron chi connectivity index (χ0n) is 49.0. The van der Waals surface area contributed by atoms with Gasteiger partial charge in [0.05, 0.1) is 22.1 Å². The SMILES string of the molecule is C#Cc1cccc(-c2cc(-c3cccc(N(c4ccc(-c5ccc(N(c6ccccc6)c6ccc7c(c6)c6ccccc6n7-c6ccccc6)cc5)cc4)c4ccc5c(c4)c4ccccc4n5-c4ccccc4)c3)cc(-c3cccc(C#C)c3C#C)c2)c1C#C. The smallest absolute Gasteiger partial charge is 0.0542 e. The maximum Gasteiger partial charge on any atom is 0.0542 e. The molecule has 0 aliphatic rings. The van der Waals surface area contributed by atoms with Gasteiger partial charge >= 0.3 is 0 Å². The Morgan fingerprint density at radius 2 is 0.600 bits per heavy atom. The molecule has 0 fully saturated rings. The van der Waals surface area contributed by atoms with Gasteiger partial charge in [0.2, 0.25) is 0 Å². The second-order valence-electron chi connectivity index (χ2n) is 22.3. The molecule has 2 heterocycles. The molecule has 418 valence electrons. The van der Waals surface area contributed by atoms with Gasteiger partial charge in [0.25, 0.3) is 0 Å². The first kappa shape index (κ1) is 54.0. The molecule has 4 heteroatoms. The molecule has 0 bridgehead atoms. The van der Waals surface area contributed by atoms with Crippen molar-refractivity contribution < 1.29 is 0 Å². The maximum absolute atomic E-state index is 6.24. The molecule has 0 N–H and O–H groups in total. The van der Waals surface area contributed by atoms with Crippen LogP contribution in [0.25, 0.3) is 99.5 Å². The summed E-state index contributed by atoms with van der Waals surface area (Å²) in [6.07, 6.45) is 24.6. The number of hydrogen-bond acceptors (Lipinski definition) is 2. The van der Waals surface area contributed by atoms with Crippen LogP contribution in [-0.4, -0.2) is 9.13 Å². The van der Waals surface area contributed by atoms with Gasteiger partial charge in [0, 0.05) is 89.3 Å². The van der Waals surface area contributed by atoms with Crippen LogP contribution in [-0.2, 0) is 0 Å². The first-order valence-corrected chi connectivity index (χ1v) is 29.9. The van der Waals surface area contributed by atoms with E-state index in [1.165, 1.54) is 16.3 Å². The minimum Gasteiger partial charge on any atom is -0.310 e. The van der Waals surface area contributed by atoms with Gasteiger partial charge in [-0.3, -0.25) is 0 Å². The number of benzene rings is 13. The standard InChI is InChI=1S/C86H54N4/c1-5-59-25-23-37-77(75(59)7-3)65-53-64(54-66(55-65)78-38-24-26-60(6-2)76(78)8-4)63-27-22-34-72(56-63)88(74-50-52-86-82(58-74)80-36-19-21-40-84(80)90(86)69-32-16-11-17-33-69)71-47-43-62(44-48-71)61-41-45-70(46-42-61)87(67-28-12-9-13-29-67)73-49-51-85-81(57-73)79-35-18-20-39-83(79)89(85)68-30-14-10-15-31-68/h1-4,9-58H. The van der Waals surface area contributed by atoms with Gasteiger partial charge in [-0.2, -0.15) is 0 Å². The predicted molar refractivity (Wildman–Crippen MR) is 378 cm³/mol. The molecule has 4 nitrogen and oxygen atoms in total. The molecule has 15 aromatic rings. The van der Waals surface area contributed by atoms with E-state index in [-0.39, 0.29) is 0 Å². The van der Waals surface area contributed by atoms with Crippen molar-refractivity contribution in [1.82, 2.24) is 9.13 Å². The van der Waals surface area contributed by atoms with Crippen molar-refractivity contribution in [1.29, 1.82) is 0 Å². The Kier molecular flexibility index (Phi) is 13.8. The lowest BCUT2D eigenvalue weighted by Gasteiger charge is -2.27. The summed E-state index contributed by atoms with van der Waals surface area (Å²) in [5.41, 5.74) is 23.1. The van der Waals surface area contributed by atoms with E-state index in [4.69, 9.17) is 25.7 Å². The minimum atomic E-state index is 0.646. The first-order chi connectivity index (χ1) is 44.5. The normalized spacial score (nSPS) is 11.1. The Labute approximate surface area is 524 Å². The molecule has 13 aromatic carbocycles. The highest BCUT2D eigenvalue weighted by Gasteiger charge is 2.22. The molecule has 2 aromatic heterocycles. The van der Waals surface area contributed by atoms with Gasteiger partial charge in [0.15, 0.2) is 0 Å². The van der Waals surface area contributed by atoms with Crippen molar-refractivity contribution in [2.45, 2.75) is 0 Å². The highest BCUT2D eigenvalue weighted by atomic mass is 15.1. The second kappa shape index (κ2) is 22.9. The van der Waals surface area contributed by atoms with Crippen LogP contribution in [0.2, 0.25) is 0 Å². The van der Waals surface area contributed by atoms with Gasteiger partial charge in [-0.25, -0.2) is 0 Å². The quantitative estimate of drug-likeness (QED) is 0.113. The molecule has 15 rings (SSSR count). The van der Waals surface area contributed by atoms with Gasteiger partial charge in [-0.1, -0.05) is 175 Å². The number of anilines is 6. The van der Waals surface area contributed by atoms with Crippen molar-refractivity contribution in [3.05, 3.63) is 326 Å². The van der Waals surface area contributed by atoms with Crippen LogP contribution in [0.15, 0.2) is 303 Å². The van der Waals surface area contributed by atoms with E-state index in [1.807, 2.05) is 36.4 Å². The molecule has 0 radical (unpaired) electrons. The number of hydrogen-bond donors (Lipinski definition) is 0. The maximum atomic E-state index is 6.24. The monoisotopic (exact) mass is 1140 g/mol. The molecular formula is C86H54N4. The zero-order chi connectivity index (χ0) is 60.7. The molecule has 0 atom stereocenters. The van der Waals surface area contributed by atoms with E-state index in [0.29, 0.717) is 22.3 Å². The molecule has 0 spiro atoms. The average molecular weight is 1140 g/mol.